The molecule has 1 aromatic carbocycles. The molecule has 1 nitrogen and oxygen atoms in total. The lowest BCUT2D eigenvalue weighted by Gasteiger charge is -2.41. The Morgan fingerprint density at radius 3 is 2.14 bits per heavy atom. The minimum atomic E-state index is -0.572. The maximum atomic E-state index is 11.0. The molecule has 1 N–H and O–H groups in total. The van der Waals surface area contributed by atoms with Gasteiger partial charge in [0.1, 0.15) is 0 Å². The normalized spacial score (nSPS) is 36.0. The van der Waals surface area contributed by atoms with Crippen molar-refractivity contribution >= 4 is 0 Å². The van der Waals surface area contributed by atoms with Gasteiger partial charge in [0.05, 0.1) is 5.60 Å². The minimum absolute atomic E-state index is 0.572. The van der Waals surface area contributed by atoms with E-state index in [0.717, 1.165) is 36.2 Å². The second-order valence-corrected chi connectivity index (χ2v) is 7.54. The lowest BCUT2D eigenvalue weighted by atomic mass is 9.66. The molecule has 1 aromatic rings. The van der Waals surface area contributed by atoms with Crippen LogP contribution in [0.2, 0.25) is 0 Å². The lowest BCUT2D eigenvalue weighted by molar-refractivity contribution is -0.0259. The zero-order valence-electron chi connectivity index (χ0n) is 13.7. The van der Waals surface area contributed by atoms with E-state index in [0.29, 0.717) is 0 Å². The Hall–Kier alpha value is -1.08. The SMILES string of the molecule is C=CCC1CCC([C@H]2CC[C@](O)(c3ccccc3)CC2)CC1. The van der Waals surface area contributed by atoms with Gasteiger partial charge >= 0.3 is 0 Å². The van der Waals surface area contributed by atoms with Gasteiger partial charge in [-0.1, -0.05) is 36.4 Å². The van der Waals surface area contributed by atoms with Gasteiger partial charge < -0.3 is 5.11 Å². The topological polar surface area (TPSA) is 20.2 Å². The first-order chi connectivity index (χ1) is 10.7. The molecule has 2 fully saturated rings. The minimum Gasteiger partial charge on any atom is -0.385 e. The van der Waals surface area contributed by atoms with Gasteiger partial charge in [0.15, 0.2) is 0 Å². The second kappa shape index (κ2) is 7.00. The van der Waals surface area contributed by atoms with Gasteiger partial charge in [-0.25, -0.2) is 0 Å². The summed E-state index contributed by atoms with van der Waals surface area (Å²) >= 11 is 0. The largest absolute Gasteiger partial charge is 0.385 e. The first-order valence-corrected chi connectivity index (χ1v) is 9.10. The van der Waals surface area contributed by atoms with Crippen LogP contribution in [0.25, 0.3) is 0 Å². The van der Waals surface area contributed by atoms with Crippen LogP contribution >= 0.6 is 0 Å². The maximum absolute atomic E-state index is 11.0. The highest BCUT2D eigenvalue weighted by Crippen LogP contribution is 2.46. The highest BCUT2D eigenvalue weighted by atomic mass is 16.3. The molecule has 1 heteroatoms. The number of allylic oxidation sites excluding steroid dienone is 1. The summed E-state index contributed by atoms with van der Waals surface area (Å²) in [7, 11) is 0. The summed E-state index contributed by atoms with van der Waals surface area (Å²) in [6.45, 7) is 3.88. The number of benzene rings is 1. The first kappa shape index (κ1) is 15.8. The summed E-state index contributed by atoms with van der Waals surface area (Å²) in [5.74, 6) is 2.63. The van der Waals surface area contributed by atoms with Crippen LogP contribution in [0, 0.1) is 17.8 Å². The van der Waals surface area contributed by atoms with Gasteiger partial charge in [0.25, 0.3) is 0 Å². The molecule has 0 bridgehead atoms. The Morgan fingerprint density at radius 2 is 1.55 bits per heavy atom. The highest BCUT2D eigenvalue weighted by molar-refractivity contribution is 5.22. The van der Waals surface area contributed by atoms with Crippen molar-refractivity contribution in [3.8, 4) is 0 Å². The molecule has 0 amide bonds. The molecule has 0 atom stereocenters. The molecule has 0 aromatic heterocycles. The molecule has 3 rings (SSSR count). The fourth-order valence-electron chi connectivity index (χ4n) is 4.76. The quantitative estimate of drug-likeness (QED) is 0.733. The van der Waals surface area contributed by atoms with Crippen LogP contribution in [0.1, 0.15) is 63.4 Å². The first-order valence-electron chi connectivity index (χ1n) is 9.10. The van der Waals surface area contributed by atoms with Crippen molar-refractivity contribution in [1.29, 1.82) is 0 Å². The summed E-state index contributed by atoms with van der Waals surface area (Å²) in [6, 6.07) is 10.3. The molecule has 2 saturated carbocycles. The zero-order valence-corrected chi connectivity index (χ0v) is 13.7. The van der Waals surface area contributed by atoms with Crippen LogP contribution in [0.4, 0.5) is 0 Å². The molecule has 0 saturated heterocycles. The van der Waals surface area contributed by atoms with Crippen molar-refractivity contribution in [2.45, 2.75) is 63.4 Å². The van der Waals surface area contributed by atoms with E-state index in [2.05, 4.69) is 24.8 Å². The number of rotatable bonds is 4. The summed E-state index contributed by atoms with van der Waals surface area (Å²) in [5, 5.41) is 11.0. The summed E-state index contributed by atoms with van der Waals surface area (Å²) in [6.07, 6.45) is 13.1. The van der Waals surface area contributed by atoms with Crippen molar-refractivity contribution < 1.29 is 5.11 Å². The van der Waals surface area contributed by atoms with E-state index in [-0.39, 0.29) is 0 Å². The molecule has 2 aliphatic rings. The van der Waals surface area contributed by atoms with Gasteiger partial charge in [0, 0.05) is 0 Å². The van der Waals surface area contributed by atoms with Crippen molar-refractivity contribution in [3.05, 3.63) is 48.6 Å². The zero-order chi connectivity index (χ0) is 15.4. The molecule has 0 aliphatic heterocycles. The third-order valence-corrected chi connectivity index (χ3v) is 6.23. The Morgan fingerprint density at radius 1 is 0.955 bits per heavy atom. The second-order valence-electron chi connectivity index (χ2n) is 7.54. The van der Waals surface area contributed by atoms with E-state index in [1.54, 1.807) is 0 Å². The van der Waals surface area contributed by atoms with Crippen LogP contribution in [0.5, 0.6) is 0 Å². The van der Waals surface area contributed by atoms with E-state index in [4.69, 9.17) is 0 Å². The summed E-state index contributed by atoms with van der Waals surface area (Å²) < 4.78 is 0. The number of aliphatic hydroxyl groups is 1. The van der Waals surface area contributed by atoms with Crippen LogP contribution in [0.15, 0.2) is 43.0 Å². The van der Waals surface area contributed by atoms with Crippen molar-refractivity contribution in [2.24, 2.45) is 17.8 Å². The lowest BCUT2D eigenvalue weighted by Crippen LogP contribution is -2.34. The van der Waals surface area contributed by atoms with E-state index >= 15 is 0 Å². The van der Waals surface area contributed by atoms with Crippen LogP contribution in [-0.2, 0) is 5.60 Å². The Bertz CT molecular complexity index is 462. The van der Waals surface area contributed by atoms with Gasteiger partial charge in [-0.05, 0) is 81.1 Å². The molecular formula is C21H30O. The van der Waals surface area contributed by atoms with E-state index in [1.165, 1.54) is 44.9 Å². The highest BCUT2D eigenvalue weighted by Gasteiger charge is 2.37. The molecule has 0 spiro atoms. The van der Waals surface area contributed by atoms with Gasteiger partial charge in [-0.2, -0.15) is 0 Å². The van der Waals surface area contributed by atoms with Crippen LogP contribution < -0.4 is 0 Å². The molecule has 120 valence electrons. The Labute approximate surface area is 135 Å². The van der Waals surface area contributed by atoms with Gasteiger partial charge in [0.2, 0.25) is 0 Å². The third-order valence-electron chi connectivity index (χ3n) is 6.23. The number of hydrogen-bond donors (Lipinski definition) is 1. The average Bonchev–Trinajstić information content (AvgIpc) is 2.58. The fraction of sp³-hybridized carbons (Fsp3) is 0.619. The molecular weight excluding hydrogens is 268 g/mol. The third kappa shape index (κ3) is 3.46. The smallest absolute Gasteiger partial charge is 0.0896 e. The van der Waals surface area contributed by atoms with E-state index in [9.17, 15) is 5.11 Å². The Balaban J connectivity index is 1.53. The standard InChI is InChI=1S/C21H30O/c1-2-6-17-9-11-18(12-10-17)19-13-15-21(22,16-14-19)20-7-4-3-5-8-20/h2-5,7-8,17-19,22H,1,6,9-16H2/t17?,18?,19-,21+. The van der Waals surface area contributed by atoms with Gasteiger partial charge in [-0.3, -0.25) is 0 Å². The van der Waals surface area contributed by atoms with Crippen LogP contribution in [-0.4, -0.2) is 5.11 Å². The van der Waals surface area contributed by atoms with Crippen molar-refractivity contribution in [1.82, 2.24) is 0 Å². The molecule has 2 aliphatic carbocycles. The monoisotopic (exact) mass is 298 g/mol. The molecule has 0 unspecified atom stereocenters. The summed E-state index contributed by atoms with van der Waals surface area (Å²) in [5.41, 5.74) is 0.542. The molecule has 22 heavy (non-hydrogen) atoms. The summed E-state index contributed by atoms with van der Waals surface area (Å²) in [4.78, 5) is 0. The van der Waals surface area contributed by atoms with Crippen molar-refractivity contribution in [3.63, 3.8) is 0 Å². The molecule has 0 heterocycles. The Kier molecular flexibility index (Phi) is 5.03. The number of hydrogen-bond acceptors (Lipinski definition) is 1. The van der Waals surface area contributed by atoms with E-state index < -0.39 is 5.60 Å². The fourth-order valence-corrected chi connectivity index (χ4v) is 4.76. The van der Waals surface area contributed by atoms with E-state index in [1.807, 2.05) is 18.2 Å². The predicted molar refractivity (Wildman–Crippen MR) is 92.6 cm³/mol. The van der Waals surface area contributed by atoms with Gasteiger partial charge in [-0.15, -0.1) is 6.58 Å². The molecule has 0 radical (unpaired) electrons. The average molecular weight is 298 g/mol. The maximum Gasteiger partial charge on any atom is 0.0896 e. The van der Waals surface area contributed by atoms with Crippen LogP contribution in [0.3, 0.4) is 0 Å². The predicted octanol–water partition coefficient (Wildman–Crippen LogP) is 5.45. The van der Waals surface area contributed by atoms with Crippen molar-refractivity contribution in [2.75, 3.05) is 0 Å².